The Morgan fingerprint density at radius 2 is 2.15 bits per heavy atom. The minimum atomic E-state index is 0.119. The van der Waals surface area contributed by atoms with Crippen molar-refractivity contribution in [2.45, 2.75) is 32.6 Å². The van der Waals surface area contributed by atoms with Gasteiger partial charge in [0.25, 0.3) is 0 Å². The Bertz CT molecular complexity index is 176. The minimum Gasteiger partial charge on any atom is -0.359 e. The maximum Gasteiger partial charge on any atom is 0.221 e. The lowest BCUT2D eigenvalue weighted by Crippen LogP contribution is -2.28. The van der Waals surface area contributed by atoms with Crippen LogP contribution in [0.5, 0.6) is 0 Å². The van der Waals surface area contributed by atoms with Gasteiger partial charge in [0.05, 0.1) is 0 Å². The molecule has 0 radical (unpaired) electrons. The van der Waals surface area contributed by atoms with Gasteiger partial charge in [-0.05, 0) is 24.7 Å². The van der Waals surface area contributed by atoms with Crippen LogP contribution in [0.1, 0.15) is 32.6 Å². The van der Waals surface area contributed by atoms with E-state index in [1.807, 2.05) is 0 Å². The molecule has 0 atom stereocenters. The zero-order chi connectivity index (χ0) is 9.73. The summed E-state index contributed by atoms with van der Waals surface area (Å²) >= 11 is 0. The van der Waals surface area contributed by atoms with E-state index in [1.165, 1.54) is 19.3 Å². The Balaban J connectivity index is 1.98. The second-order valence-corrected chi connectivity index (χ2v) is 3.95. The van der Waals surface area contributed by atoms with E-state index in [0.717, 1.165) is 13.1 Å². The Hall–Kier alpha value is -0.570. The summed E-state index contributed by atoms with van der Waals surface area (Å²) in [7, 11) is 1.68. The topological polar surface area (TPSA) is 41.1 Å². The fourth-order valence-corrected chi connectivity index (χ4v) is 1.51. The molecular formula is C10H20N2O. The first-order valence-corrected chi connectivity index (χ1v) is 5.14. The Labute approximate surface area is 80.3 Å². The van der Waals surface area contributed by atoms with Crippen molar-refractivity contribution in [3.05, 3.63) is 0 Å². The zero-order valence-corrected chi connectivity index (χ0v) is 8.65. The average molecular weight is 184 g/mol. The summed E-state index contributed by atoms with van der Waals surface area (Å²) in [6, 6.07) is 0. The summed E-state index contributed by atoms with van der Waals surface area (Å²) < 4.78 is 0. The van der Waals surface area contributed by atoms with Crippen LogP contribution in [0.15, 0.2) is 0 Å². The fraction of sp³-hybridized carbons (Fsp3) is 0.900. The summed E-state index contributed by atoms with van der Waals surface area (Å²) in [5.74, 6) is 0.119. The number of carbonyl (C=O) groups excluding carboxylic acids is 1. The first-order valence-electron chi connectivity index (χ1n) is 5.14. The van der Waals surface area contributed by atoms with Crippen molar-refractivity contribution in [3.63, 3.8) is 0 Å². The molecule has 1 fully saturated rings. The van der Waals surface area contributed by atoms with Gasteiger partial charge in [0.1, 0.15) is 0 Å². The predicted molar refractivity (Wildman–Crippen MR) is 53.5 cm³/mol. The molecule has 0 aliphatic heterocycles. The van der Waals surface area contributed by atoms with Crippen LogP contribution in [0.2, 0.25) is 0 Å². The van der Waals surface area contributed by atoms with E-state index in [2.05, 4.69) is 17.6 Å². The monoisotopic (exact) mass is 184 g/mol. The smallest absolute Gasteiger partial charge is 0.221 e. The summed E-state index contributed by atoms with van der Waals surface area (Å²) in [6.45, 7) is 4.13. The van der Waals surface area contributed by atoms with Gasteiger partial charge in [0.2, 0.25) is 5.91 Å². The molecular weight excluding hydrogens is 164 g/mol. The van der Waals surface area contributed by atoms with Gasteiger partial charge in [-0.2, -0.15) is 0 Å². The number of carbonyl (C=O) groups is 1. The molecule has 0 heterocycles. The third-order valence-corrected chi connectivity index (χ3v) is 3.01. The van der Waals surface area contributed by atoms with Crippen LogP contribution in [0.25, 0.3) is 0 Å². The highest BCUT2D eigenvalue weighted by atomic mass is 16.1. The van der Waals surface area contributed by atoms with Gasteiger partial charge < -0.3 is 10.6 Å². The van der Waals surface area contributed by atoms with Crippen molar-refractivity contribution in [3.8, 4) is 0 Å². The Morgan fingerprint density at radius 3 is 2.62 bits per heavy atom. The van der Waals surface area contributed by atoms with Crippen molar-refractivity contribution in [1.82, 2.24) is 10.6 Å². The van der Waals surface area contributed by atoms with E-state index in [9.17, 15) is 4.79 Å². The molecule has 1 saturated carbocycles. The van der Waals surface area contributed by atoms with E-state index in [4.69, 9.17) is 0 Å². The highest BCUT2D eigenvalue weighted by molar-refractivity contribution is 5.75. The van der Waals surface area contributed by atoms with E-state index >= 15 is 0 Å². The van der Waals surface area contributed by atoms with Gasteiger partial charge in [-0.15, -0.1) is 0 Å². The van der Waals surface area contributed by atoms with Crippen molar-refractivity contribution in [2.24, 2.45) is 5.41 Å². The van der Waals surface area contributed by atoms with Gasteiger partial charge in [-0.25, -0.2) is 0 Å². The summed E-state index contributed by atoms with van der Waals surface area (Å²) in [5, 5.41) is 5.96. The highest BCUT2D eigenvalue weighted by Gasteiger charge is 2.39. The van der Waals surface area contributed by atoms with Crippen LogP contribution in [0, 0.1) is 5.41 Å². The maximum absolute atomic E-state index is 10.9. The third-order valence-electron chi connectivity index (χ3n) is 3.01. The number of nitrogens with one attached hydrogen (secondary N) is 2. The predicted octanol–water partition coefficient (Wildman–Crippen LogP) is 0.902. The SMILES string of the molecule is CCC1(CNCCC(=O)NC)CC1. The fourth-order valence-electron chi connectivity index (χ4n) is 1.51. The molecule has 0 aromatic rings. The second-order valence-electron chi connectivity index (χ2n) is 3.95. The molecule has 3 heteroatoms. The molecule has 2 N–H and O–H groups in total. The molecule has 1 aliphatic rings. The minimum absolute atomic E-state index is 0.119. The lowest BCUT2D eigenvalue weighted by Gasteiger charge is -2.12. The molecule has 76 valence electrons. The number of hydrogen-bond acceptors (Lipinski definition) is 2. The first-order chi connectivity index (χ1) is 6.22. The van der Waals surface area contributed by atoms with Crippen molar-refractivity contribution < 1.29 is 4.79 Å². The van der Waals surface area contributed by atoms with Crippen LogP contribution in [-0.2, 0) is 4.79 Å². The normalized spacial score (nSPS) is 18.3. The van der Waals surface area contributed by atoms with Crippen LogP contribution in [-0.4, -0.2) is 26.0 Å². The quantitative estimate of drug-likeness (QED) is 0.602. The summed E-state index contributed by atoms with van der Waals surface area (Å²) in [6.07, 6.45) is 4.57. The molecule has 1 aliphatic carbocycles. The molecule has 0 unspecified atom stereocenters. The molecule has 13 heavy (non-hydrogen) atoms. The van der Waals surface area contributed by atoms with Gasteiger partial charge in [0, 0.05) is 26.6 Å². The second kappa shape index (κ2) is 4.61. The van der Waals surface area contributed by atoms with Gasteiger partial charge in [0.15, 0.2) is 0 Å². The molecule has 0 aromatic carbocycles. The molecule has 1 rings (SSSR count). The molecule has 1 amide bonds. The Morgan fingerprint density at radius 1 is 1.46 bits per heavy atom. The molecule has 0 bridgehead atoms. The largest absolute Gasteiger partial charge is 0.359 e. The van der Waals surface area contributed by atoms with Crippen LogP contribution < -0.4 is 10.6 Å². The van der Waals surface area contributed by atoms with Gasteiger partial charge in [-0.3, -0.25) is 4.79 Å². The number of amides is 1. The van der Waals surface area contributed by atoms with Gasteiger partial charge in [-0.1, -0.05) is 6.92 Å². The summed E-state index contributed by atoms with van der Waals surface area (Å²) in [5.41, 5.74) is 0.586. The number of rotatable bonds is 6. The number of hydrogen-bond donors (Lipinski definition) is 2. The van der Waals surface area contributed by atoms with E-state index < -0.39 is 0 Å². The first kappa shape index (κ1) is 10.5. The zero-order valence-electron chi connectivity index (χ0n) is 8.65. The van der Waals surface area contributed by atoms with Crippen LogP contribution >= 0.6 is 0 Å². The Kier molecular flexibility index (Phi) is 3.72. The van der Waals surface area contributed by atoms with E-state index in [0.29, 0.717) is 11.8 Å². The maximum atomic E-state index is 10.9. The molecule has 0 aromatic heterocycles. The van der Waals surface area contributed by atoms with E-state index in [-0.39, 0.29) is 5.91 Å². The highest BCUT2D eigenvalue weighted by Crippen LogP contribution is 2.47. The third kappa shape index (κ3) is 3.35. The van der Waals surface area contributed by atoms with Crippen molar-refractivity contribution in [1.29, 1.82) is 0 Å². The van der Waals surface area contributed by atoms with Crippen LogP contribution in [0.3, 0.4) is 0 Å². The van der Waals surface area contributed by atoms with Crippen molar-refractivity contribution in [2.75, 3.05) is 20.1 Å². The lowest BCUT2D eigenvalue weighted by molar-refractivity contribution is -0.120. The molecule has 0 saturated heterocycles. The standard InChI is InChI=1S/C10H20N2O/c1-3-10(5-6-10)8-12-7-4-9(13)11-2/h12H,3-8H2,1-2H3,(H,11,13). The van der Waals surface area contributed by atoms with Gasteiger partial charge >= 0.3 is 0 Å². The van der Waals surface area contributed by atoms with E-state index in [1.54, 1.807) is 7.05 Å². The van der Waals surface area contributed by atoms with Crippen LogP contribution in [0.4, 0.5) is 0 Å². The van der Waals surface area contributed by atoms with Crippen molar-refractivity contribution >= 4 is 5.91 Å². The average Bonchev–Trinajstić information content (AvgIpc) is 2.93. The summed E-state index contributed by atoms with van der Waals surface area (Å²) in [4.78, 5) is 10.9. The molecule has 3 nitrogen and oxygen atoms in total. The molecule has 0 spiro atoms. The lowest BCUT2D eigenvalue weighted by atomic mass is 10.0.